The van der Waals surface area contributed by atoms with E-state index >= 15 is 0 Å². The molecule has 0 aromatic carbocycles. The van der Waals surface area contributed by atoms with Crippen LogP contribution in [0.4, 0.5) is 0 Å². The molecule has 0 unspecified atom stereocenters. The summed E-state index contributed by atoms with van der Waals surface area (Å²) >= 11 is 6.88. The maximum atomic E-state index is 9.24. The standard InChI is InChI=1S/C6H8ClNOS/c1-4-6(5(9)2-7)10-3-8-4/h3,5,9H,2H2,1H3/t5-/m0/s1. The zero-order chi connectivity index (χ0) is 7.56. The number of aliphatic hydroxyl groups excluding tert-OH is 1. The van der Waals surface area contributed by atoms with Crippen LogP contribution < -0.4 is 0 Å². The van der Waals surface area contributed by atoms with Crippen molar-refractivity contribution in [3.05, 3.63) is 16.1 Å². The van der Waals surface area contributed by atoms with Gasteiger partial charge in [-0.2, -0.15) is 0 Å². The molecular weight excluding hydrogens is 170 g/mol. The van der Waals surface area contributed by atoms with E-state index in [1.54, 1.807) is 5.51 Å². The summed E-state index contributed by atoms with van der Waals surface area (Å²) in [5.41, 5.74) is 2.58. The maximum absolute atomic E-state index is 9.24. The van der Waals surface area contributed by atoms with Crippen molar-refractivity contribution >= 4 is 22.9 Å². The van der Waals surface area contributed by atoms with Crippen LogP contribution in [-0.2, 0) is 0 Å². The monoisotopic (exact) mass is 177 g/mol. The Morgan fingerprint density at radius 1 is 1.90 bits per heavy atom. The molecule has 0 bridgehead atoms. The number of rotatable bonds is 2. The first-order chi connectivity index (χ1) is 4.75. The average molecular weight is 178 g/mol. The minimum atomic E-state index is -0.547. The third-order valence-electron chi connectivity index (χ3n) is 1.23. The van der Waals surface area contributed by atoms with E-state index in [2.05, 4.69) is 4.98 Å². The van der Waals surface area contributed by atoms with Gasteiger partial charge in [-0.3, -0.25) is 0 Å². The predicted molar refractivity (Wildman–Crippen MR) is 42.5 cm³/mol. The van der Waals surface area contributed by atoms with Crippen LogP contribution in [0.15, 0.2) is 5.51 Å². The highest BCUT2D eigenvalue weighted by molar-refractivity contribution is 7.09. The summed E-state index contributed by atoms with van der Waals surface area (Å²) in [5, 5.41) is 9.24. The molecule has 1 heterocycles. The third-order valence-corrected chi connectivity index (χ3v) is 2.56. The predicted octanol–water partition coefficient (Wildman–Crippen LogP) is 1.72. The van der Waals surface area contributed by atoms with Gasteiger partial charge in [-0.15, -0.1) is 22.9 Å². The first-order valence-corrected chi connectivity index (χ1v) is 4.31. The molecule has 0 saturated carbocycles. The number of aromatic nitrogens is 1. The van der Waals surface area contributed by atoms with Crippen LogP contribution in [0.2, 0.25) is 0 Å². The molecule has 0 aliphatic rings. The summed E-state index contributed by atoms with van der Waals surface area (Å²) in [7, 11) is 0. The molecule has 0 radical (unpaired) electrons. The second-order valence-corrected chi connectivity index (χ2v) is 3.17. The fourth-order valence-corrected chi connectivity index (χ4v) is 1.73. The lowest BCUT2D eigenvalue weighted by molar-refractivity contribution is 0.205. The van der Waals surface area contributed by atoms with E-state index in [-0.39, 0.29) is 5.88 Å². The molecular formula is C6H8ClNOS. The van der Waals surface area contributed by atoms with Crippen molar-refractivity contribution in [1.29, 1.82) is 0 Å². The normalized spacial score (nSPS) is 13.5. The zero-order valence-corrected chi connectivity index (χ0v) is 7.11. The van der Waals surface area contributed by atoms with Gasteiger partial charge in [-0.05, 0) is 6.92 Å². The number of thiazole rings is 1. The Morgan fingerprint density at radius 3 is 3.00 bits per heavy atom. The third kappa shape index (κ3) is 1.48. The summed E-state index contributed by atoms with van der Waals surface area (Å²) in [6, 6.07) is 0. The Morgan fingerprint density at radius 2 is 2.60 bits per heavy atom. The number of halogens is 1. The lowest BCUT2D eigenvalue weighted by atomic mass is 10.3. The van der Waals surface area contributed by atoms with E-state index in [0.29, 0.717) is 0 Å². The van der Waals surface area contributed by atoms with Crippen LogP contribution in [0.5, 0.6) is 0 Å². The highest BCUT2D eigenvalue weighted by atomic mass is 35.5. The molecule has 10 heavy (non-hydrogen) atoms. The van der Waals surface area contributed by atoms with E-state index in [0.717, 1.165) is 10.6 Å². The zero-order valence-electron chi connectivity index (χ0n) is 5.54. The molecule has 0 aliphatic carbocycles. The van der Waals surface area contributed by atoms with Gasteiger partial charge in [0.2, 0.25) is 0 Å². The van der Waals surface area contributed by atoms with Crippen LogP contribution in [0.1, 0.15) is 16.7 Å². The smallest absolute Gasteiger partial charge is 0.104 e. The Hall–Kier alpha value is -0.120. The van der Waals surface area contributed by atoms with Crippen molar-refractivity contribution in [2.45, 2.75) is 13.0 Å². The Labute approximate surface area is 68.5 Å². The number of hydrogen-bond donors (Lipinski definition) is 1. The van der Waals surface area contributed by atoms with E-state index < -0.39 is 6.10 Å². The van der Waals surface area contributed by atoms with E-state index in [1.807, 2.05) is 6.92 Å². The average Bonchev–Trinajstić information content (AvgIpc) is 2.34. The molecule has 0 aliphatic heterocycles. The fraction of sp³-hybridized carbons (Fsp3) is 0.500. The van der Waals surface area contributed by atoms with Crippen LogP contribution in [0, 0.1) is 6.92 Å². The summed E-state index contributed by atoms with van der Waals surface area (Å²) in [4.78, 5) is 4.86. The van der Waals surface area contributed by atoms with Gasteiger partial charge >= 0.3 is 0 Å². The molecule has 1 aromatic rings. The maximum Gasteiger partial charge on any atom is 0.104 e. The minimum absolute atomic E-state index is 0.239. The number of nitrogens with zero attached hydrogens (tertiary/aromatic N) is 1. The summed E-state index contributed by atoms with van der Waals surface area (Å²) < 4.78 is 0. The Kier molecular flexibility index (Phi) is 2.65. The van der Waals surface area contributed by atoms with Crippen molar-refractivity contribution in [3.8, 4) is 0 Å². The van der Waals surface area contributed by atoms with Crippen molar-refractivity contribution < 1.29 is 5.11 Å². The van der Waals surface area contributed by atoms with Crippen molar-refractivity contribution in [2.75, 3.05) is 5.88 Å². The van der Waals surface area contributed by atoms with Gasteiger partial charge in [0, 0.05) is 0 Å². The molecule has 0 fully saturated rings. The first kappa shape index (κ1) is 7.98. The molecule has 1 atom stereocenters. The molecule has 1 rings (SSSR count). The van der Waals surface area contributed by atoms with Crippen LogP contribution >= 0.6 is 22.9 Å². The summed E-state index contributed by atoms with van der Waals surface area (Å²) in [6.07, 6.45) is -0.547. The van der Waals surface area contributed by atoms with E-state index in [1.165, 1.54) is 11.3 Å². The van der Waals surface area contributed by atoms with Gasteiger partial charge in [-0.25, -0.2) is 4.98 Å². The molecule has 0 spiro atoms. The van der Waals surface area contributed by atoms with Crippen LogP contribution in [-0.4, -0.2) is 16.0 Å². The lowest BCUT2D eigenvalue weighted by Crippen LogP contribution is -1.97. The van der Waals surface area contributed by atoms with Gasteiger partial charge in [0.25, 0.3) is 0 Å². The van der Waals surface area contributed by atoms with Crippen molar-refractivity contribution in [3.63, 3.8) is 0 Å². The quantitative estimate of drug-likeness (QED) is 0.698. The fourth-order valence-electron chi connectivity index (χ4n) is 0.701. The van der Waals surface area contributed by atoms with Crippen LogP contribution in [0.3, 0.4) is 0 Å². The number of aliphatic hydroxyl groups is 1. The van der Waals surface area contributed by atoms with Gasteiger partial charge in [0.05, 0.1) is 22.0 Å². The molecule has 1 aromatic heterocycles. The van der Waals surface area contributed by atoms with Crippen LogP contribution in [0.25, 0.3) is 0 Å². The first-order valence-electron chi connectivity index (χ1n) is 2.89. The molecule has 1 N–H and O–H groups in total. The highest BCUT2D eigenvalue weighted by Crippen LogP contribution is 2.21. The van der Waals surface area contributed by atoms with E-state index in [9.17, 15) is 5.11 Å². The minimum Gasteiger partial charge on any atom is -0.386 e. The van der Waals surface area contributed by atoms with Gasteiger partial charge in [-0.1, -0.05) is 0 Å². The Bertz CT molecular complexity index is 213. The topological polar surface area (TPSA) is 33.1 Å². The highest BCUT2D eigenvalue weighted by Gasteiger charge is 2.10. The molecule has 56 valence electrons. The van der Waals surface area contributed by atoms with Gasteiger partial charge in [0.15, 0.2) is 0 Å². The Balaban J connectivity index is 2.82. The van der Waals surface area contributed by atoms with Gasteiger partial charge in [0.1, 0.15) is 6.10 Å². The number of aryl methyl sites for hydroxylation is 1. The largest absolute Gasteiger partial charge is 0.386 e. The molecule has 0 amide bonds. The summed E-state index contributed by atoms with van der Waals surface area (Å²) in [6.45, 7) is 1.86. The summed E-state index contributed by atoms with van der Waals surface area (Å²) in [5.74, 6) is 0.239. The number of hydrogen-bond acceptors (Lipinski definition) is 3. The lowest BCUT2D eigenvalue weighted by Gasteiger charge is -2.02. The van der Waals surface area contributed by atoms with Crippen molar-refractivity contribution in [2.24, 2.45) is 0 Å². The number of alkyl halides is 1. The molecule has 0 saturated heterocycles. The molecule has 4 heteroatoms. The second kappa shape index (κ2) is 3.32. The second-order valence-electron chi connectivity index (χ2n) is 1.97. The van der Waals surface area contributed by atoms with Crippen molar-refractivity contribution in [1.82, 2.24) is 4.98 Å². The van der Waals surface area contributed by atoms with E-state index in [4.69, 9.17) is 11.6 Å². The molecule has 2 nitrogen and oxygen atoms in total. The SMILES string of the molecule is Cc1ncsc1[C@@H](O)CCl. The van der Waals surface area contributed by atoms with Gasteiger partial charge < -0.3 is 5.11 Å².